The molecule has 2 aromatic carbocycles. The second kappa shape index (κ2) is 7.72. The Hall–Kier alpha value is -2.99. The summed E-state index contributed by atoms with van der Waals surface area (Å²) in [5.74, 6) is 0.951. The third kappa shape index (κ3) is 4.74. The standard InChI is InChI=1S/C18H16ClN5O/c1-12(25)14-3-2-4-16(9-14)22-17-11-21-24-18(23-17)20-10-13-5-7-15(19)8-6-13/h2-9,11H,10H2,1H3,(H2,20,22,23,24). The van der Waals surface area contributed by atoms with Crippen molar-refractivity contribution in [3.05, 3.63) is 70.9 Å². The fourth-order valence-corrected chi connectivity index (χ4v) is 2.31. The van der Waals surface area contributed by atoms with Gasteiger partial charge in [-0.15, -0.1) is 5.10 Å². The van der Waals surface area contributed by atoms with Crippen LogP contribution in [-0.4, -0.2) is 21.0 Å². The number of aromatic nitrogens is 3. The molecular weight excluding hydrogens is 338 g/mol. The number of rotatable bonds is 6. The first-order valence-electron chi connectivity index (χ1n) is 7.66. The molecule has 0 saturated carbocycles. The van der Waals surface area contributed by atoms with Crippen molar-refractivity contribution in [1.82, 2.24) is 15.2 Å². The lowest BCUT2D eigenvalue weighted by molar-refractivity contribution is 0.101. The molecule has 0 radical (unpaired) electrons. The van der Waals surface area contributed by atoms with Gasteiger partial charge in [-0.25, -0.2) is 0 Å². The Labute approximate surface area is 150 Å². The number of Topliss-reactive ketones (excluding diaryl/α,β-unsaturated/α-hetero) is 1. The van der Waals surface area contributed by atoms with Gasteiger partial charge >= 0.3 is 0 Å². The van der Waals surface area contributed by atoms with Crippen LogP contribution < -0.4 is 10.6 Å². The molecule has 0 atom stereocenters. The van der Waals surface area contributed by atoms with E-state index in [4.69, 9.17) is 11.6 Å². The summed E-state index contributed by atoms with van der Waals surface area (Å²) in [7, 11) is 0. The molecule has 3 rings (SSSR count). The number of carbonyl (C=O) groups is 1. The monoisotopic (exact) mass is 353 g/mol. The Morgan fingerprint density at radius 2 is 1.96 bits per heavy atom. The number of anilines is 3. The molecule has 0 aliphatic heterocycles. The van der Waals surface area contributed by atoms with E-state index in [2.05, 4.69) is 25.8 Å². The molecule has 0 saturated heterocycles. The predicted molar refractivity (Wildman–Crippen MR) is 98.3 cm³/mol. The number of hydrogen-bond donors (Lipinski definition) is 2. The van der Waals surface area contributed by atoms with Crippen LogP contribution in [0.1, 0.15) is 22.8 Å². The van der Waals surface area contributed by atoms with E-state index in [1.54, 1.807) is 12.1 Å². The van der Waals surface area contributed by atoms with Crippen LogP contribution in [0.5, 0.6) is 0 Å². The maximum Gasteiger partial charge on any atom is 0.244 e. The minimum absolute atomic E-state index is 0.00906. The molecular formula is C18H16ClN5O. The molecule has 2 N–H and O–H groups in total. The van der Waals surface area contributed by atoms with Crippen LogP contribution in [-0.2, 0) is 6.54 Å². The Kier molecular flexibility index (Phi) is 5.20. The second-order valence-corrected chi connectivity index (χ2v) is 5.84. The van der Waals surface area contributed by atoms with Gasteiger partial charge in [-0.3, -0.25) is 4.79 Å². The van der Waals surface area contributed by atoms with E-state index in [1.807, 2.05) is 36.4 Å². The highest BCUT2D eigenvalue weighted by Crippen LogP contribution is 2.17. The number of ketones is 1. The van der Waals surface area contributed by atoms with Crippen molar-refractivity contribution in [3.8, 4) is 0 Å². The first kappa shape index (κ1) is 16.9. The summed E-state index contributed by atoms with van der Waals surface area (Å²) in [6.45, 7) is 2.09. The van der Waals surface area contributed by atoms with Gasteiger partial charge in [0.05, 0.1) is 6.20 Å². The van der Waals surface area contributed by atoms with Crippen molar-refractivity contribution in [1.29, 1.82) is 0 Å². The van der Waals surface area contributed by atoms with Gasteiger partial charge in [0.1, 0.15) is 0 Å². The number of nitrogens with zero attached hydrogens (tertiary/aromatic N) is 3. The van der Waals surface area contributed by atoms with Gasteiger partial charge in [0.2, 0.25) is 5.95 Å². The number of benzene rings is 2. The zero-order chi connectivity index (χ0) is 17.6. The van der Waals surface area contributed by atoms with Gasteiger partial charge in [0, 0.05) is 22.8 Å². The molecule has 1 heterocycles. The second-order valence-electron chi connectivity index (χ2n) is 5.41. The van der Waals surface area contributed by atoms with Crippen molar-refractivity contribution < 1.29 is 4.79 Å². The highest BCUT2D eigenvalue weighted by Gasteiger charge is 2.04. The summed E-state index contributed by atoms with van der Waals surface area (Å²) >= 11 is 5.87. The van der Waals surface area contributed by atoms with Crippen LogP contribution in [0.2, 0.25) is 5.02 Å². The summed E-state index contributed by atoms with van der Waals surface area (Å²) < 4.78 is 0. The number of halogens is 1. The topological polar surface area (TPSA) is 79.8 Å². The van der Waals surface area contributed by atoms with E-state index >= 15 is 0 Å². The van der Waals surface area contributed by atoms with E-state index in [9.17, 15) is 4.79 Å². The van der Waals surface area contributed by atoms with Crippen LogP contribution in [0.4, 0.5) is 17.5 Å². The average Bonchev–Trinajstić information content (AvgIpc) is 2.62. The maximum absolute atomic E-state index is 11.5. The van der Waals surface area contributed by atoms with Crippen LogP contribution in [0.25, 0.3) is 0 Å². The van der Waals surface area contributed by atoms with E-state index < -0.39 is 0 Å². The van der Waals surface area contributed by atoms with Gasteiger partial charge in [0.15, 0.2) is 11.6 Å². The largest absolute Gasteiger partial charge is 0.349 e. The van der Waals surface area contributed by atoms with Crippen molar-refractivity contribution >= 4 is 34.8 Å². The maximum atomic E-state index is 11.5. The van der Waals surface area contributed by atoms with E-state index in [-0.39, 0.29) is 5.78 Å². The molecule has 0 aliphatic rings. The molecule has 25 heavy (non-hydrogen) atoms. The van der Waals surface area contributed by atoms with Crippen LogP contribution in [0.3, 0.4) is 0 Å². The molecule has 0 bridgehead atoms. The van der Waals surface area contributed by atoms with Crippen LogP contribution in [0.15, 0.2) is 54.7 Å². The highest BCUT2D eigenvalue weighted by atomic mass is 35.5. The lowest BCUT2D eigenvalue weighted by Crippen LogP contribution is -2.06. The predicted octanol–water partition coefficient (Wildman–Crippen LogP) is 4.08. The van der Waals surface area contributed by atoms with Crippen LogP contribution >= 0.6 is 11.6 Å². The lowest BCUT2D eigenvalue weighted by atomic mass is 10.1. The fourth-order valence-electron chi connectivity index (χ4n) is 2.19. The summed E-state index contributed by atoms with van der Waals surface area (Å²) in [6, 6.07) is 14.7. The quantitative estimate of drug-likeness (QED) is 0.650. The number of hydrogen-bond acceptors (Lipinski definition) is 6. The van der Waals surface area contributed by atoms with Gasteiger partial charge in [-0.2, -0.15) is 10.1 Å². The first-order valence-corrected chi connectivity index (χ1v) is 8.04. The molecule has 0 fully saturated rings. The van der Waals surface area contributed by atoms with Gasteiger partial charge < -0.3 is 10.6 Å². The molecule has 126 valence electrons. The van der Waals surface area contributed by atoms with Crippen LogP contribution in [0, 0.1) is 0 Å². The summed E-state index contributed by atoms with van der Waals surface area (Å²) in [6.07, 6.45) is 1.52. The van der Waals surface area contributed by atoms with Gasteiger partial charge in [-0.1, -0.05) is 35.9 Å². The average molecular weight is 354 g/mol. The highest BCUT2D eigenvalue weighted by molar-refractivity contribution is 6.30. The molecule has 6 nitrogen and oxygen atoms in total. The molecule has 0 unspecified atom stereocenters. The summed E-state index contributed by atoms with van der Waals surface area (Å²) in [5.41, 5.74) is 2.45. The Morgan fingerprint density at radius 3 is 2.72 bits per heavy atom. The molecule has 0 aliphatic carbocycles. The molecule has 0 amide bonds. The zero-order valence-electron chi connectivity index (χ0n) is 13.5. The Bertz CT molecular complexity index is 883. The fraction of sp³-hybridized carbons (Fsp3) is 0.111. The molecule has 0 spiro atoms. The van der Waals surface area contributed by atoms with E-state index in [1.165, 1.54) is 13.1 Å². The van der Waals surface area contributed by atoms with Gasteiger partial charge in [0.25, 0.3) is 0 Å². The molecule has 3 aromatic rings. The smallest absolute Gasteiger partial charge is 0.244 e. The van der Waals surface area contributed by atoms with Crippen molar-refractivity contribution in [2.75, 3.05) is 10.6 Å². The summed E-state index contributed by atoms with van der Waals surface area (Å²) in [5, 5.41) is 14.8. The van der Waals surface area contributed by atoms with Crippen molar-refractivity contribution in [3.63, 3.8) is 0 Å². The third-order valence-electron chi connectivity index (χ3n) is 3.46. The Balaban J connectivity index is 1.68. The van der Waals surface area contributed by atoms with Crippen molar-refractivity contribution in [2.45, 2.75) is 13.5 Å². The minimum atomic E-state index is 0.00906. The molecule has 1 aromatic heterocycles. The summed E-state index contributed by atoms with van der Waals surface area (Å²) in [4.78, 5) is 15.8. The lowest BCUT2D eigenvalue weighted by Gasteiger charge is -2.08. The van der Waals surface area contributed by atoms with Crippen molar-refractivity contribution in [2.24, 2.45) is 0 Å². The van der Waals surface area contributed by atoms with E-state index in [0.29, 0.717) is 28.9 Å². The normalized spacial score (nSPS) is 10.3. The third-order valence-corrected chi connectivity index (χ3v) is 3.72. The Morgan fingerprint density at radius 1 is 1.16 bits per heavy atom. The SMILES string of the molecule is CC(=O)c1cccc(Nc2cnnc(NCc3ccc(Cl)cc3)n2)c1. The zero-order valence-corrected chi connectivity index (χ0v) is 14.3. The number of carbonyl (C=O) groups excluding carboxylic acids is 1. The van der Waals surface area contributed by atoms with E-state index in [0.717, 1.165) is 11.3 Å². The van der Waals surface area contributed by atoms with Gasteiger partial charge in [-0.05, 0) is 36.8 Å². The number of nitrogens with one attached hydrogen (secondary N) is 2. The minimum Gasteiger partial charge on any atom is -0.349 e. The first-order chi connectivity index (χ1) is 12.1. The molecule has 7 heteroatoms.